The molecule has 8 unspecified atom stereocenters. The molecule has 61 heavy (non-hydrogen) atoms. The number of hydrogen-bond donors (Lipinski definition) is 5. The number of hydrogen-bond acceptors (Lipinski definition) is 19. The predicted octanol–water partition coefficient (Wildman–Crippen LogP) is 4.49. The zero-order chi connectivity index (χ0) is 45.3. The summed E-state index contributed by atoms with van der Waals surface area (Å²) in [5.41, 5.74) is 0.752. The molecule has 2 rings (SSSR count). The van der Waals surface area contributed by atoms with Crippen molar-refractivity contribution in [2.45, 2.75) is 76.2 Å². The third kappa shape index (κ3) is 28.2. The van der Waals surface area contributed by atoms with Gasteiger partial charge >= 0.3 is 45.3 Å². The lowest BCUT2D eigenvalue weighted by molar-refractivity contribution is -0.0354. The van der Waals surface area contributed by atoms with Gasteiger partial charge in [0.1, 0.15) is 26.7 Å². The Morgan fingerprint density at radius 1 is 0.623 bits per heavy atom. The predicted molar refractivity (Wildman–Crippen MR) is 213 cm³/mol. The first kappa shape index (κ1) is 55.8. The SMILES string of the molecule is BC1CC(OC(=O)OCc2ccccc2)C(COP(=O)(O)OCCCOP(=O)(O)OCCCOP(=O)(O)OCCCOP(=O)(O)OCCCOP(=O)(O)OCCCCC#C)O1. The molecule has 1 heterocycles. The van der Waals surface area contributed by atoms with Crippen molar-refractivity contribution >= 4 is 53.1 Å². The van der Waals surface area contributed by atoms with Crippen LogP contribution in [-0.4, -0.2) is 123 Å². The Hall–Kier alpha value is -1.38. The van der Waals surface area contributed by atoms with Gasteiger partial charge in [-0.15, -0.1) is 12.3 Å². The van der Waals surface area contributed by atoms with E-state index in [0.29, 0.717) is 25.7 Å². The summed E-state index contributed by atoms with van der Waals surface area (Å²) in [6.07, 6.45) is 3.83. The van der Waals surface area contributed by atoms with Crippen LogP contribution in [0.15, 0.2) is 30.3 Å². The van der Waals surface area contributed by atoms with Crippen LogP contribution in [0.4, 0.5) is 4.79 Å². The van der Waals surface area contributed by atoms with Gasteiger partial charge in [0.25, 0.3) is 0 Å². The molecule has 30 heteroatoms. The van der Waals surface area contributed by atoms with Gasteiger partial charge < -0.3 is 38.7 Å². The summed E-state index contributed by atoms with van der Waals surface area (Å²) in [5.74, 6) is 2.43. The van der Waals surface area contributed by atoms with E-state index in [4.69, 9.17) is 65.9 Å². The summed E-state index contributed by atoms with van der Waals surface area (Å²) >= 11 is 0. The van der Waals surface area contributed by atoms with E-state index in [-0.39, 0.29) is 58.1 Å². The van der Waals surface area contributed by atoms with Crippen LogP contribution in [0.1, 0.15) is 56.9 Å². The molecule has 0 spiro atoms. The molecule has 1 saturated heterocycles. The lowest BCUT2D eigenvalue weighted by Gasteiger charge is -2.20. The fourth-order valence-electron chi connectivity index (χ4n) is 4.60. The van der Waals surface area contributed by atoms with Crippen LogP contribution in [0.5, 0.6) is 0 Å². The Morgan fingerprint density at radius 3 is 1.39 bits per heavy atom. The first-order valence-corrected chi connectivity index (χ1v) is 26.3. The van der Waals surface area contributed by atoms with Crippen molar-refractivity contribution in [1.82, 2.24) is 0 Å². The van der Waals surface area contributed by atoms with Crippen LogP contribution < -0.4 is 0 Å². The molecular formula is C31H54BO24P5. The van der Waals surface area contributed by atoms with E-state index in [9.17, 15) is 52.1 Å². The monoisotopic (exact) mass is 976 g/mol. The van der Waals surface area contributed by atoms with Gasteiger partial charge in [0.2, 0.25) is 0 Å². The van der Waals surface area contributed by atoms with Gasteiger partial charge in [-0.05, 0) is 44.1 Å². The molecule has 8 atom stereocenters. The highest BCUT2D eigenvalue weighted by Crippen LogP contribution is 2.48. The number of phosphoric ester groups is 5. The Labute approximate surface area is 354 Å². The molecular weight excluding hydrogens is 922 g/mol. The molecule has 1 aromatic rings. The van der Waals surface area contributed by atoms with Crippen LogP contribution in [0.25, 0.3) is 0 Å². The van der Waals surface area contributed by atoms with Gasteiger partial charge in [0, 0.05) is 18.8 Å². The second-order valence-corrected chi connectivity index (χ2v) is 19.9. The molecule has 1 aliphatic rings. The maximum atomic E-state index is 12.3. The van der Waals surface area contributed by atoms with E-state index in [1.54, 1.807) is 32.1 Å². The molecule has 0 amide bonds. The molecule has 350 valence electrons. The molecule has 0 radical (unpaired) electrons. The Kier molecular flexibility index (Phi) is 26.7. The second-order valence-electron chi connectivity index (χ2n) is 12.6. The number of carbonyl (C=O) groups excluding carboxylic acids is 1. The molecule has 1 aliphatic heterocycles. The Bertz CT molecular complexity index is 1700. The third-order valence-electron chi connectivity index (χ3n) is 7.40. The molecule has 24 nitrogen and oxygen atoms in total. The van der Waals surface area contributed by atoms with Crippen molar-refractivity contribution in [1.29, 1.82) is 0 Å². The average molecular weight is 976 g/mol. The maximum absolute atomic E-state index is 12.3. The second kappa shape index (κ2) is 29.2. The summed E-state index contributed by atoms with van der Waals surface area (Å²) in [6.45, 7) is -3.84. The number of phosphoric acid groups is 5. The first-order chi connectivity index (χ1) is 28.7. The average Bonchev–Trinajstić information content (AvgIpc) is 3.53. The minimum absolute atomic E-state index is 0.0126. The number of rotatable bonds is 35. The van der Waals surface area contributed by atoms with Crippen molar-refractivity contribution in [3.8, 4) is 12.3 Å². The van der Waals surface area contributed by atoms with Gasteiger partial charge in [-0.1, -0.05) is 30.3 Å². The molecule has 1 aromatic carbocycles. The van der Waals surface area contributed by atoms with Gasteiger partial charge in [0.15, 0.2) is 0 Å². The lowest BCUT2D eigenvalue weighted by atomic mass is 9.96. The van der Waals surface area contributed by atoms with E-state index < -0.39 is 104 Å². The summed E-state index contributed by atoms with van der Waals surface area (Å²) in [5, 5.41) is 0. The number of benzene rings is 1. The number of carbonyl (C=O) groups is 1. The zero-order valence-electron chi connectivity index (χ0n) is 33.4. The van der Waals surface area contributed by atoms with Crippen molar-refractivity contribution in [3.05, 3.63) is 35.9 Å². The Morgan fingerprint density at radius 2 is 1.00 bits per heavy atom. The summed E-state index contributed by atoms with van der Waals surface area (Å²) in [4.78, 5) is 61.1. The quantitative estimate of drug-likeness (QED) is 0.0206. The van der Waals surface area contributed by atoms with Crippen molar-refractivity contribution < 1.29 is 112 Å². The van der Waals surface area contributed by atoms with Crippen LogP contribution in [0, 0.1) is 12.3 Å². The van der Waals surface area contributed by atoms with Crippen molar-refractivity contribution in [3.63, 3.8) is 0 Å². The largest absolute Gasteiger partial charge is 0.508 e. The molecule has 0 aromatic heterocycles. The summed E-state index contributed by atoms with van der Waals surface area (Å²) in [7, 11) is -20.9. The minimum atomic E-state index is -4.62. The normalized spacial score (nSPS) is 21.5. The first-order valence-electron chi connectivity index (χ1n) is 18.8. The molecule has 0 saturated carbocycles. The summed E-state index contributed by atoms with van der Waals surface area (Å²) < 4.78 is 124. The zero-order valence-corrected chi connectivity index (χ0v) is 37.8. The van der Waals surface area contributed by atoms with Crippen LogP contribution in [-0.2, 0) is 88.9 Å². The van der Waals surface area contributed by atoms with Crippen LogP contribution in [0.2, 0.25) is 0 Å². The Balaban J connectivity index is 1.50. The van der Waals surface area contributed by atoms with E-state index >= 15 is 0 Å². The molecule has 5 N–H and O–H groups in total. The van der Waals surface area contributed by atoms with Crippen molar-refractivity contribution in [2.24, 2.45) is 0 Å². The van der Waals surface area contributed by atoms with Crippen LogP contribution in [0.3, 0.4) is 0 Å². The summed E-state index contributed by atoms with van der Waals surface area (Å²) in [6, 6.07) is 8.58. The van der Waals surface area contributed by atoms with Crippen molar-refractivity contribution in [2.75, 3.05) is 66.1 Å². The molecule has 0 aliphatic carbocycles. The number of unbranched alkanes of at least 4 members (excludes halogenated alkanes) is 2. The highest BCUT2D eigenvalue weighted by molar-refractivity contribution is 7.48. The van der Waals surface area contributed by atoms with Gasteiger partial charge in [-0.25, -0.2) is 27.6 Å². The smallest absolute Gasteiger partial charge is 0.429 e. The van der Waals surface area contributed by atoms with E-state index in [0.717, 1.165) is 5.56 Å². The topological polar surface area (TPSA) is 324 Å². The molecule has 0 bridgehead atoms. The molecule has 1 fully saturated rings. The van der Waals surface area contributed by atoms with Gasteiger partial charge in [-0.2, -0.15) is 0 Å². The fourth-order valence-corrected chi connectivity index (χ4v) is 8.55. The lowest BCUT2D eigenvalue weighted by Crippen LogP contribution is -2.31. The standard InChI is InChI=1S/C31H54BO24P5/c1-2-3-4-8-15-45-57(34,35)46-16-9-17-47-58(36,37)48-18-10-19-49-59(38,39)50-20-11-21-51-60(40,41)52-22-12-23-53-61(42,43)54-26-29-28(24-30(32)55-29)56-31(33)44-25-27-13-6-5-7-14-27/h1,5-7,13-14,28-30H,3-4,8-12,15-26,32H2,(H,34,35)(H,36,37)(H,38,39)(H,40,41)(H,42,43). The highest BCUT2D eigenvalue weighted by Gasteiger charge is 2.38. The van der Waals surface area contributed by atoms with Gasteiger partial charge in [-0.3, -0.25) is 45.2 Å². The van der Waals surface area contributed by atoms with E-state index in [1.165, 1.54) is 0 Å². The number of terminal acetylenes is 1. The fraction of sp³-hybridized carbons (Fsp3) is 0.710. The van der Waals surface area contributed by atoms with E-state index in [1.807, 2.05) is 6.07 Å². The highest BCUT2D eigenvalue weighted by atomic mass is 31.2. The number of ether oxygens (including phenoxy) is 3. The third-order valence-corrected chi connectivity index (χ3v) is 12.5. The maximum Gasteiger partial charge on any atom is 0.508 e. The van der Waals surface area contributed by atoms with Gasteiger partial charge in [0.05, 0.1) is 66.1 Å². The minimum Gasteiger partial charge on any atom is -0.429 e. The van der Waals surface area contributed by atoms with Crippen LogP contribution >= 0.6 is 39.1 Å². The van der Waals surface area contributed by atoms with E-state index in [2.05, 4.69) is 5.92 Å².